The van der Waals surface area contributed by atoms with Gasteiger partial charge in [-0.1, -0.05) is 18.2 Å². The van der Waals surface area contributed by atoms with Crippen LogP contribution in [0.15, 0.2) is 30.3 Å². The number of para-hydroxylation sites is 1. The zero-order valence-corrected chi connectivity index (χ0v) is 12.1. The normalized spacial score (nSPS) is 18.6. The average molecular weight is 285 g/mol. The Morgan fingerprint density at radius 1 is 1.48 bits per heavy atom. The summed E-state index contributed by atoms with van der Waals surface area (Å²) >= 11 is 0. The van der Waals surface area contributed by atoms with Crippen LogP contribution in [0.2, 0.25) is 0 Å². The molecular formula is C16H19N3O2. The van der Waals surface area contributed by atoms with E-state index in [0.29, 0.717) is 18.7 Å². The minimum Gasteiger partial charge on any atom is -0.374 e. The van der Waals surface area contributed by atoms with Crippen LogP contribution in [0.5, 0.6) is 0 Å². The van der Waals surface area contributed by atoms with E-state index in [1.165, 1.54) is 0 Å². The Hall–Kier alpha value is -1.98. The Kier molecular flexibility index (Phi) is 4.13. The van der Waals surface area contributed by atoms with Crippen molar-refractivity contribution in [2.75, 3.05) is 26.2 Å². The SMILES string of the molecule is Cc1cc(C(=O)NCC2CNCCO2)c2ccccc2n1. The highest BCUT2D eigenvalue weighted by Gasteiger charge is 2.16. The van der Waals surface area contributed by atoms with E-state index in [0.717, 1.165) is 29.7 Å². The molecular weight excluding hydrogens is 266 g/mol. The van der Waals surface area contributed by atoms with Gasteiger partial charge in [-0.05, 0) is 19.1 Å². The van der Waals surface area contributed by atoms with Gasteiger partial charge in [0.2, 0.25) is 0 Å². The minimum absolute atomic E-state index is 0.0388. The molecule has 0 saturated carbocycles. The molecule has 1 fully saturated rings. The molecule has 110 valence electrons. The molecule has 0 aliphatic carbocycles. The number of hydrogen-bond donors (Lipinski definition) is 2. The molecule has 5 nitrogen and oxygen atoms in total. The minimum atomic E-state index is -0.0779. The topological polar surface area (TPSA) is 63.2 Å². The van der Waals surface area contributed by atoms with E-state index in [1.807, 2.05) is 37.3 Å². The van der Waals surface area contributed by atoms with Gasteiger partial charge in [-0.25, -0.2) is 0 Å². The van der Waals surface area contributed by atoms with E-state index >= 15 is 0 Å². The molecule has 1 unspecified atom stereocenters. The number of morpholine rings is 1. The highest BCUT2D eigenvalue weighted by Crippen LogP contribution is 2.18. The Bertz CT molecular complexity index is 651. The molecule has 1 aromatic heterocycles. The first-order valence-corrected chi connectivity index (χ1v) is 7.21. The van der Waals surface area contributed by atoms with Crippen molar-refractivity contribution < 1.29 is 9.53 Å². The van der Waals surface area contributed by atoms with Crippen LogP contribution in [-0.2, 0) is 4.74 Å². The monoisotopic (exact) mass is 285 g/mol. The van der Waals surface area contributed by atoms with Crippen molar-refractivity contribution in [2.45, 2.75) is 13.0 Å². The highest BCUT2D eigenvalue weighted by atomic mass is 16.5. The van der Waals surface area contributed by atoms with E-state index in [9.17, 15) is 4.79 Å². The number of hydrogen-bond acceptors (Lipinski definition) is 4. The maximum atomic E-state index is 12.4. The first kappa shape index (κ1) is 14.0. The zero-order valence-electron chi connectivity index (χ0n) is 12.1. The number of aromatic nitrogens is 1. The maximum absolute atomic E-state index is 12.4. The lowest BCUT2D eigenvalue weighted by atomic mass is 10.1. The van der Waals surface area contributed by atoms with Crippen molar-refractivity contribution >= 4 is 16.8 Å². The fourth-order valence-electron chi connectivity index (χ4n) is 2.55. The summed E-state index contributed by atoms with van der Waals surface area (Å²) in [6.45, 7) is 4.76. The number of amides is 1. The van der Waals surface area contributed by atoms with E-state index < -0.39 is 0 Å². The van der Waals surface area contributed by atoms with Gasteiger partial charge in [0.25, 0.3) is 5.91 Å². The summed E-state index contributed by atoms with van der Waals surface area (Å²) in [5, 5.41) is 7.09. The van der Waals surface area contributed by atoms with Gasteiger partial charge in [0.15, 0.2) is 0 Å². The standard InChI is InChI=1S/C16H19N3O2/c1-11-8-14(13-4-2-3-5-15(13)19-11)16(20)18-10-12-9-17-6-7-21-12/h2-5,8,12,17H,6-7,9-10H2,1H3,(H,18,20). The van der Waals surface area contributed by atoms with Gasteiger partial charge in [0.05, 0.1) is 23.8 Å². The van der Waals surface area contributed by atoms with Crippen LogP contribution in [0.4, 0.5) is 0 Å². The highest BCUT2D eigenvalue weighted by molar-refractivity contribution is 6.06. The molecule has 1 amide bonds. The first-order valence-electron chi connectivity index (χ1n) is 7.21. The molecule has 1 saturated heterocycles. The summed E-state index contributed by atoms with van der Waals surface area (Å²) in [4.78, 5) is 16.9. The number of ether oxygens (including phenoxy) is 1. The van der Waals surface area contributed by atoms with Crippen molar-refractivity contribution in [1.82, 2.24) is 15.6 Å². The van der Waals surface area contributed by atoms with Crippen LogP contribution < -0.4 is 10.6 Å². The molecule has 3 rings (SSSR count). The number of aryl methyl sites for hydroxylation is 1. The predicted octanol–water partition coefficient (Wildman–Crippen LogP) is 1.26. The molecule has 2 N–H and O–H groups in total. The predicted molar refractivity (Wildman–Crippen MR) is 81.4 cm³/mol. The van der Waals surface area contributed by atoms with Crippen LogP contribution in [0.3, 0.4) is 0 Å². The number of carbonyl (C=O) groups is 1. The second-order valence-electron chi connectivity index (χ2n) is 5.24. The molecule has 2 aromatic rings. The number of nitrogens with one attached hydrogen (secondary N) is 2. The molecule has 1 aliphatic rings. The van der Waals surface area contributed by atoms with Crippen LogP contribution in [-0.4, -0.2) is 43.2 Å². The molecule has 1 aliphatic heterocycles. The van der Waals surface area contributed by atoms with E-state index in [4.69, 9.17) is 4.74 Å². The summed E-state index contributed by atoms with van der Waals surface area (Å²) in [6.07, 6.45) is 0.0388. The zero-order chi connectivity index (χ0) is 14.7. The number of nitrogens with zero attached hydrogens (tertiary/aromatic N) is 1. The second-order valence-corrected chi connectivity index (χ2v) is 5.24. The number of benzene rings is 1. The first-order chi connectivity index (χ1) is 10.2. The maximum Gasteiger partial charge on any atom is 0.252 e. The Morgan fingerprint density at radius 3 is 3.14 bits per heavy atom. The summed E-state index contributed by atoms with van der Waals surface area (Å²) in [5.41, 5.74) is 2.36. The molecule has 0 radical (unpaired) electrons. The van der Waals surface area contributed by atoms with Gasteiger partial charge in [0.1, 0.15) is 0 Å². The number of fused-ring (bicyclic) bond motifs is 1. The summed E-state index contributed by atoms with van der Waals surface area (Å²) < 4.78 is 5.59. The Balaban J connectivity index is 1.77. The fourth-order valence-corrected chi connectivity index (χ4v) is 2.55. The van der Waals surface area contributed by atoms with Gasteiger partial charge >= 0.3 is 0 Å². The molecule has 1 atom stereocenters. The van der Waals surface area contributed by atoms with Crippen LogP contribution in [0.1, 0.15) is 16.1 Å². The van der Waals surface area contributed by atoms with Gasteiger partial charge in [-0.3, -0.25) is 9.78 Å². The number of pyridine rings is 1. The third-order valence-electron chi connectivity index (χ3n) is 3.58. The summed E-state index contributed by atoms with van der Waals surface area (Å²) in [6, 6.07) is 9.53. The van der Waals surface area contributed by atoms with Gasteiger partial charge < -0.3 is 15.4 Å². The van der Waals surface area contributed by atoms with E-state index in [-0.39, 0.29) is 12.0 Å². The number of carbonyl (C=O) groups excluding carboxylic acids is 1. The van der Waals surface area contributed by atoms with Gasteiger partial charge in [-0.2, -0.15) is 0 Å². The van der Waals surface area contributed by atoms with Crippen molar-refractivity contribution in [2.24, 2.45) is 0 Å². The molecule has 0 bridgehead atoms. The summed E-state index contributed by atoms with van der Waals surface area (Å²) in [7, 11) is 0. The van der Waals surface area contributed by atoms with Crippen molar-refractivity contribution in [1.29, 1.82) is 0 Å². The third kappa shape index (κ3) is 3.20. The Labute approximate surface area is 123 Å². The fraction of sp³-hybridized carbons (Fsp3) is 0.375. The lowest BCUT2D eigenvalue weighted by Crippen LogP contribution is -2.45. The molecule has 21 heavy (non-hydrogen) atoms. The largest absolute Gasteiger partial charge is 0.374 e. The van der Waals surface area contributed by atoms with Gasteiger partial charge in [0, 0.05) is 30.7 Å². The molecule has 5 heteroatoms. The lowest BCUT2D eigenvalue weighted by Gasteiger charge is -2.23. The Morgan fingerprint density at radius 2 is 2.33 bits per heavy atom. The van der Waals surface area contributed by atoms with E-state index in [2.05, 4.69) is 15.6 Å². The third-order valence-corrected chi connectivity index (χ3v) is 3.58. The van der Waals surface area contributed by atoms with Crippen molar-refractivity contribution in [3.63, 3.8) is 0 Å². The molecule has 1 aromatic carbocycles. The average Bonchev–Trinajstić information content (AvgIpc) is 2.52. The van der Waals surface area contributed by atoms with Crippen molar-refractivity contribution in [3.05, 3.63) is 41.6 Å². The second kappa shape index (κ2) is 6.20. The lowest BCUT2D eigenvalue weighted by molar-refractivity contribution is 0.0287. The van der Waals surface area contributed by atoms with E-state index in [1.54, 1.807) is 0 Å². The van der Waals surface area contributed by atoms with Crippen LogP contribution in [0.25, 0.3) is 10.9 Å². The summed E-state index contributed by atoms with van der Waals surface area (Å²) in [5.74, 6) is -0.0779. The molecule has 0 spiro atoms. The quantitative estimate of drug-likeness (QED) is 0.891. The van der Waals surface area contributed by atoms with Crippen molar-refractivity contribution in [3.8, 4) is 0 Å². The van der Waals surface area contributed by atoms with Gasteiger partial charge in [-0.15, -0.1) is 0 Å². The smallest absolute Gasteiger partial charge is 0.252 e. The van der Waals surface area contributed by atoms with Crippen LogP contribution in [0, 0.1) is 6.92 Å². The van der Waals surface area contributed by atoms with Crippen LogP contribution >= 0.6 is 0 Å². The molecule has 2 heterocycles. The number of rotatable bonds is 3.